The lowest BCUT2D eigenvalue weighted by atomic mass is 10.1. The molecule has 4 heteroatoms. The van der Waals surface area contributed by atoms with Crippen LogP contribution in [0.1, 0.15) is 24.6 Å². The minimum Gasteiger partial charge on any atom is -0.810 e. The average molecular weight is 198 g/mol. The SMILES string of the molecule is CCC(c1ccccc1)P(=O)([O-])[O-]. The molecule has 0 fully saturated rings. The van der Waals surface area contributed by atoms with Gasteiger partial charge in [-0.15, -0.1) is 0 Å². The number of hydrogen-bond acceptors (Lipinski definition) is 3. The van der Waals surface area contributed by atoms with Gasteiger partial charge in [-0.2, -0.15) is 0 Å². The summed E-state index contributed by atoms with van der Waals surface area (Å²) in [4.78, 5) is 21.7. The Hall–Kier alpha value is -0.630. The summed E-state index contributed by atoms with van der Waals surface area (Å²) in [7, 11) is -4.50. The molecule has 0 bridgehead atoms. The van der Waals surface area contributed by atoms with E-state index in [4.69, 9.17) is 0 Å². The molecular weight excluding hydrogens is 187 g/mol. The molecule has 3 nitrogen and oxygen atoms in total. The van der Waals surface area contributed by atoms with Crippen LogP contribution in [-0.2, 0) is 4.57 Å². The van der Waals surface area contributed by atoms with Crippen molar-refractivity contribution in [1.82, 2.24) is 0 Å². The minimum atomic E-state index is -4.50. The molecule has 0 radical (unpaired) electrons. The molecule has 0 aliphatic carbocycles. The van der Waals surface area contributed by atoms with Gasteiger partial charge in [0, 0.05) is 5.66 Å². The molecule has 0 N–H and O–H groups in total. The molecule has 0 heterocycles. The van der Waals surface area contributed by atoms with Gasteiger partial charge in [0.1, 0.15) is 0 Å². The normalized spacial score (nSPS) is 14.1. The van der Waals surface area contributed by atoms with E-state index in [1.807, 2.05) is 0 Å². The fraction of sp³-hybridized carbons (Fsp3) is 0.333. The third-order valence-electron chi connectivity index (χ3n) is 1.95. The fourth-order valence-electron chi connectivity index (χ4n) is 1.32. The summed E-state index contributed by atoms with van der Waals surface area (Å²) in [6.45, 7) is 1.69. The van der Waals surface area contributed by atoms with Crippen LogP contribution in [0.15, 0.2) is 30.3 Å². The summed E-state index contributed by atoms with van der Waals surface area (Å²) in [6, 6.07) is 8.57. The van der Waals surface area contributed by atoms with Crippen molar-refractivity contribution < 1.29 is 14.4 Å². The first-order valence-corrected chi connectivity index (χ1v) is 5.73. The van der Waals surface area contributed by atoms with Crippen molar-refractivity contribution in [2.45, 2.75) is 19.0 Å². The highest BCUT2D eigenvalue weighted by molar-refractivity contribution is 7.49. The van der Waals surface area contributed by atoms with Crippen LogP contribution < -0.4 is 9.79 Å². The van der Waals surface area contributed by atoms with Gasteiger partial charge in [0.15, 0.2) is 0 Å². The Labute approximate surface area is 77.6 Å². The van der Waals surface area contributed by atoms with E-state index in [2.05, 4.69) is 0 Å². The van der Waals surface area contributed by atoms with Gasteiger partial charge >= 0.3 is 0 Å². The first kappa shape index (κ1) is 10.5. The minimum absolute atomic E-state index is 0.328. The van der Waals surface area contributed by atoms with Gasteiger partial charge in [-0.3, -0.25) is 0 Å². The largest absolute Gasteiger partial charge is 0.810 e. The lowest BCUT2D eigenvalue weighted by Crippen LogP contribution is -2.20. The van der Waals surface area contributed by atoms with E-state index in [1.165, 1.54) is 0 Å². The predicted octanol–water partition coefficient (Wildman–Crippen LogP) is 1.05. The molecule has 0 saturated heterocycles. The van der Waals surface area contributed by atoms with Crippen LogP contribution in [0.3, 0.4) is 0 Å². The Morgan fingerprint density at radius 1 is 1.31 bits per heavy atom. The van der Waals surface area contributed by atoms with E-state index in [-0.39, 0.29) is 0 Å². The first-order valence-electron chi connectivity index (χ1n) is 4.12. The highest BCUT2D eigenvalue weighted by atomic mass is 31.2. The van der Waals surface area contributed by atoms with Crippen molar-refractivity contribution in [3.05, 3.63) is 35.9 Å². The van der Waals surface area contributed by atoms with Crippen molar-refractivity contribution >= 4 is 7.60 Å². The summed E-state index contributed by atoms with van der Waals surface area (Å²) < 4.78 is 10.8. The van der Waals surface area contributed by atoms with Gasteiger partial charge in [0.25, 0.3) is 0 Å². The van der Waals surface area contributed by atoms with Crippen molar-refractivity contribution in [1.29, 1.82) is 0 Å². The average Bonchev–Trinajstić information content (AvgIpc) is 2.05. The maximum Gasteiger partial charge on any atom is 0.0114 e. The second-order valence-electron chi connectivity index (χ2n) is 2.87. The van der Waals surface area contributed by atoms with E-state index in [0.29, 0.717) is 12.0 Å². The third kappa shape index (κ3) is 2.66. The highest BCUT2D eigenvalue weighted by Gasteiger charge is 2.11. The zero-order chi connectivity index (χ0) is 9.90. The van der Waals surface area contributed by atoms with Crippen LogP contribution >= 0.6 is 7.60 Å². The van der Waals surface area contributed by atoms with E-state index < -0.39 is 13.3 Å². The van der Waals surface area contributed by atoms with Crippen LogP contribution in [0.4, 0.5) is 0 Å². The first-order chi connectivity index (χ1) is 6.05. The van der Waals surface area contributed by atoms with Crippen LogP contribution in [-0.4, -0.2) is 0 Å². The Morgan fingerprint density at radius 2 is 1.85 bits per heavy atom. The molecule has 1 aromatic carbocycles. The molecule has 0 aromatic heterocycles. The standard InChI is InChI=1S/C9H13O3P/c1-2-9(13(10,11)12)8-6-4-3-5-7-8/h3-7,9H,2H2,1H3,(H2,10,11,12)/p-2. The van der Waals surface area contributed by atoms with Crippen LogP contribution in [0.25, 0.3) is 0 Å². The lowest BCUT2D eigenvalue weighted by molar-refractivity contribution is -0.317. The molecule has 0 amide bonds. The van der Waals surface area contributed by atoms with E-state index in [0.717, 1.165) is 0 Å². The molecule has 13 heavy (non-hydrogen) atoms. The quantitative estimate of drug-likeness (QED) is 0.682. The van der Waals surface area contributed by atoms with Gasteiger partial charge in [0.05, 0.1) is 0 Å². The second-order valence-corrected chi connectivity index (χ2v) is 4.58. The second kappa shape index (κ2) is 4.05. The van der Waals surface area contributed by atoms with E-state index >= 15 is 0 Å². The Bertz CT molecular complexity index is 304. The Balaban J connectivity index is 2.99. The molecular formula is C9H11O3P-2. The summed E-state index contributed by atoms with van der Waals surface area (Å²) in [5.74, 6) is 0. The zero-order valence-electron chi connectivity index (χ0n) is 7.34. The van der Waals surface area contributed by atoms with Gasteiger partial charge < -0.3 is 14.4 Å². The fourth-order valence-corrected chi connectivity index (χ4v) is 2.30. The van der Waals surface area contributed by atoms with Crippen molar-refractivity contribution in [2.24, 2.45) is 0 Å². The summed E-state index contributed by atoms with van der Waals surface area (Å²) in [5, 5.41) is 0. The van der Waals surface area contributed by atoms with Crippen molar-refractivity contribution in [3.8, 4) is 0 Å². The zero-order valence-corrected chi connectivity index (χ0v) is 8.24. The number of rotatable bonds is 3. The lowest BCUT2D eigenvalue weighted by Gasteiger charge is -2.38. The molecule has 1 atom stereocenters. The van der Waals surface area contributed by atoms with Crippen LogP contribution in [0.5, 0.6) is 0 Å². The summed E-state index contributed by atoms with van der Waals surface area (Å²) in [5.41, 5.74) is -0.299. The van der Waals surface area contributed by atoms with E-state index in [9.17, 15) is 14.4 Å². The predicted molar refractivity (Wildman–Crippen MR) is 47.1 cm³/mol. The summed E-state index contributed by atoms with van der Waals surface area (Å²) >= 11 is 0. The van der Waals surface area contributed by atoms with Gasteiger partial charge in [-0.05, 0) is 12.0 Å². The monoisotopic (exact) mass is 198 g/mol. The molecule has 0 aliphatic rings. The summed E-state index contributed by atoms with van der Waals surface area (Å²) in [6.07, 6.45) is 0.328. The van der Waals surface area contributed by atoms with Crippen LogP contribution in [0, 0.1) is 0 Å². The van der Waals surface area contributed by atoms with Crippen molar-refractivity contribution in [2.75, 3.05) is 0 Å². The smallest absolute Gasteiger partial charge is 0.0114 e. The maximum absolute atomic E-state index is 10.8. The third-order valence-corrected chi connectivity index (χ3v) is 3.38. The van der Waals surface area contributed by atoms with E-state index in [1.54, 1.807) is 37.3 Å². The molecule has 0 spiro atoms. The molecule has 1 unspecified atom stereocenters. The number of hydrogen-bond donors (Lipinski definition) is 0. The Morgan fingerprint density at radius 3 is 2.23 bits per heavy atom. The molecule has 0 aliphatic heterocycles. The molecule has 1 rings (SSSR count). The van der Waals surface area contributed by atoms with Gasteiger partial charge in [-0.25, -0.2) is 0 Å². The molecule has 1 aromatic rings. The Kier molecular flexibility index (Phi) is 3.26. The molecule has 72 valence electrons. The topological polar surface area (TPSA) is 63.2 Å². The van der Waals surface area contributed by atoms with Gasteiger partial charge in [0.2, 0.25) is 0 Å². The highest BCUT2D eigenvalue weighted by Crippen LogP contribution is 2.46. The maximum atomic E-state index is 10.8. The molecule has 0 saturated carbocycles. The van der Waals surface area contributed by atoms with Crippen LogP contribution in [0.2, 0.25) is 0 Å². The van der Waals surface area contributed by atoms with Gasteiger partial charge in [-0.1, -0.05) is 44.9 Å². The van der Waals surface area contributed by atoms with Crippen molar-refractivity contribution in [3.63, 3.8) is 0 Å². The number of benzene rings is 1.